The Morgan fingerprint density at radius 1 is 1.29 bits per heavy atom. The Morgan fingerprint density at radius 2 is 1.86 bits per heavy atom. The topological polar surface area (TPSA) is 17.1 Å². The summed E-state index contributed by atoms with van der Waals surface area (Å²) in [6.45, 7) is 7.96. The average Bonchev–Trinajstić information content (AvgIpc) is 2.15. The van der Waals surface area contributed by atoms with Gasteiger partial charge in [-0.15, -0.1) is 0 Å². The summed E-state index contributed by atoms with van der Waals surface area (Å²) in [6.07, 6.45) is 0.558. The van der Waals surface area contributed by atoms with E-state index in [2.05, 4.69) is 22.0 Å². The smallest absolute Gasteiger partial charge is 0.164 e. The van der Waals surface area contributed by atoms with Crippen LogP contribution in [0.3, 0.4) is 0 Å². The van der Waals surface area contributed by atoms with Gasteiger partial charge in [-0.3, -0.25) is 4.79 Å². The van der Waals surface area contributed by atoms with Crippen LogP contribution in [0.4, 0.5) is 0 Å². The average molecular weight is 255 g/mol. The molecule has 1 rings (SSSR count). The number of ketones is 1. The van der Waals surface area contributed by atoms with Crippen molar-refractivity contribution in [1.82, 2.24) is 0 Å². The molecule has 1 nitrogen and oxygen atoms in total. The van der Waals surface area contributed by atoms with Gasteiger partial charge in [-0.05, 0) is 53.4 Å². The Kier molecular flexibility index (Phi) is 3.48. The van der Waals surface area contributed by atoms with Crippen LogP contribution < -0.4 is 0 Å². The second-order valence-corrected chi connectivity index (χ2v) is 4.39. The van der Waals surface area contributed by atoms with Gasteiger partial charge in [-0.1, -0.05) is 13.0 Å². The summed E-state index contributed by atoms with van der Waals surface area (Å²) in [6, 6.07) is 2.10. The van der Waals surface area contributed by atoms with Gasteiger partial charge in [0.05, 0.1) is 0 Å². The monoisotopic (exact) mass is 254 g/mol. The number of aryl methyl sites for hydroxylation is 2. The number of carbonyl (C=O) groups is 1. The van der Waals surface area contributed by atoms with Crippen molar-refractivity contribution in [1.29, 1.82) is 0 Å². The van der Waals surface area contributed by atoms with Crippen molar-refractivity contribution in [2.45, 2.75) is 34.1 Å². The highest BCUT2D eigenvalue weighted by Crippen LogP contribution is 2.28. The van der Waals surface area contributed by atoms with Gasteiger partial charge in [0.2, 0.25) is 0 Å². The standard InChI is InChI=1S/C12H15BrO/c1-5-10(14)11-9(4)7(2)6-8(3)12(11)13/h6H,5H2,1-4H3. The number of hydrogen-bond donors (Lipinski definition) is 0. The molecule has 2 heteroatoms. The van der Waals surface area contributed by atoms with Crippen LogP contribution in [0.1, 0.15) is 40.4 Å². The third-order valence-corrected chi connectivity index (χ3v) is 3.59. The minimum atomic E-state index is 0.209. The lowest BCUT2D eigenvalue weighted by atomic mass is 9.96. The first-order valence-corrected chi connectivity index (χ1v) is 5.57. The van der Waals surface area contributed by atoms with Crippen molar-refractivity contribution in [3.05, 3.63) is 32.8 Å². The van der Waals surface area contributed by atoms with E-state index in [1.807, 2.05) is 27.7 Å². The predicted molar refractivity (Wildman–Crippen MR) is 63.0 cm³/mol. The molecular formula is C12H15BrO. The molecular weight excluding hydrogens is 240 g/mol. The second-order valence-electron chi connectivity index (χ2n) is 3.60. The quantitative estimate of drug-likeness (QED) is 0.731. The highest BCUT2D eigenvalue weighted by Gasteiger charge is 2.14. The summed E-state index contributed by atoms with van der Waals surface area (Å²) in [5, 5.41) is 0. The molecule has 0 fully saturated rings. The van der Waals surface area contributed by atoms with Crippen LogP contribution in [0, 0.1) is 20.8 Å². The summed E-state index contributed by atoms with van der Waals surface area (Å²) in [7, 11) is 0. The van der Waals surface area contributed by atoms with Crippen molar-refractivity contribution in [3.8, 4) is 0 Å². The van der Waals surface area contributed by atoms with E-state index in [4.69, 9.17) is 0 Å². The molecule has 1 aromatic carbocycles. The van der Waals surface area contributed by atoms with E-state index in [-0.39, 0.29) is 5.78 Å². The maximum atomic E-state index is 11.7. The fourth-order valence-electron chi connectivity index (χ4n) is 1.56. The van der Waals surface area contributed by atoms with Crippen LogP contribution in [0.5, 0.6) is 0 Å². The van der Waals surface area contributed by atoms with Gasteiger partial charge in [0.25, 0.3) is 0 Å². The van der Waals surface area contributed by atoms with Crippen molar-refractivity contribution in [3.63, 3.8) is 0 Å². The molecule has 0 atom stereocenters. The molecule has 0 amide bonds. The van der Waals surface area contributed by atoms with Crippen LogP contribution in [0.25, 0.3) is 0 Å². The first-order chi connectivity index (χ1) is 6.49. The normalized spacial score (nSPS) is 10.4. The number of carbonyl (C=O) groups excluding carboxylic acids is 1. The van der Waals surface area contributed by atoms with Gasteiger partial charge < -0.3 is 0 Å². The Bertz CT molecular complexity index is 354. The van der Waals surface area contributed by atoms with Crippen molar-refractivity contribution in [2.75, 3.05) is 0 Å². The molecule has 0 saturated heterocycles. The third kappa shape index (κ3) is 1.90. The lowest BCUT2D eigenvalue weighted by Crippen LogP contribution is -2.04. The van der Waals surface area contributed by atoms with E-state index < -0.39 is 0 Å². The van der Waals surface area contributed by atoms with E-state index in [1.54, 1.807) is 0 Å². The van der Waals surface area contributed by atoms with Gasteiger partial charge in [-0.25, -0.2) is 0 Å². The first-order valence-electron chi connectivity index (χ1n) is 4.78. The van der Waals surface area contributed by atoms with Crippen LogP contribution in [0.2, 0.25) is 0 Å². The van der Waals surface area contributed by atoms with Gasteiger partial charge in [0.1, 0.15) is 0 Å². The molecule has 0 radical (unpaired) electrons. The fraction of sp³-hybridized carbons (Fsp3) is 0.417. The summed E-state index contributed by atoms with van der Waals surface area (Å²) < 4.78 is 0.951. The van der Waals surface area contributed by atoms with E-state index in [0.29, 0.717) is 6.42 Å². The lowest BCUT2D eigenvalue weighted by molar-refractivity contribution is 0.0986. The molecule has 0 aromatic heterocycles. The molecule has 0 heterocycles. The molecule has 0 aliphatic carbocycles. The molecule has 0 unspecified atom stereocenters. The molecule has 0 aliphatic heterocycles. The molecule has 0 bridgehead atoms. The van der Waals surface area contributed by atoms with E-state index in [1.165, 1.54) is 5.56 Å². The molecule has 0 N–H and O–H groups in total. The maximum absolute atomic E-state index is 11.7. The Labute approximate surface area is 93.7 Å². The van der Waals surface area contributed by atoms with Crippen molar-refractivity contribution < 1.29 is 4.79 Å². The third-order valence-electron chi connectivity index (χ3n) is 2.57. The highest BCUT2D eigenvalue weighted by atomic mass is 79.9. The number of halogens is 1. The lowest BCUT2D eigenvalue weighted by Gasteiger charge is -2.12. The zero-order chi connectivity index (χ0) is 10.9. The Hall–Kier alpha value is -0.630. The second kappa shape index (κ2) is 4.26. The highest BCUT2D eigenvalue weighted by molar-refractivity contribution is 9.10. The Morgan fingerprint density at radius 3 is 2.36 bits per heavy atom. The number of hydrogen-bond acceptors (Lipinski definition) is 1. The number of rotatable bonds is 2. The molecule has 0 spiro atoms. The van der Waals surface area contributed by atoms with E-state index in [9.17, 15) is 4.79 Å². The number of benzene rings is 1. The van der Waals surface area contributed by atoms with E-state index in [0.717, 1.165) is 21.2 Å². The fourth-order valence-corrected chi connectivity index (χ4v) is 2.20. The van der Waals surface area contributed by atoms with Crippen LogP contribution in [-0.2, 0) is 0 Å². The molecule has 14 heavy (non-hydrogen) atoms. The van der Waals surface area contributed by atoms with Gasteiger partial charge in [-0.2, -0.15) is 0 Å². The minimum Gasteiger partial charge on any atom is -0.294 e. The largest absolute Gasteiger partial charge is 0.294 e. The summed E-state index contributed by atoms with van der Waals surface area (Å²) in [5.74, 6) is 0.209. The van der Waals surface area contributed by atoms with Gasteiger partial charge >= 0.3 is 0 Å². The predicted octanol–water partition coefficient (Wildman–Crippen LogP) is 3.97. The van der Waals surface area contributed by atoms with Crippen molar-refractivity contribution >= 4 is 21.7 Å². The number of Topliss-reactive ketones (excluding diaryl/α,β-unsaturated/α-hetero) is 1. The SMILES string of the molecule is CCC(=O)c1c(C)c(C)cc(C)c1Br. The zero-order valence-corrected chi connectivity index (χ0v) is 10.7. The van der Waals surface area contributed by atoms with Crippen molar-refractivity contribution in [2.24, 2.45) is 0 Å². The van der Waals surface area contributed by atoms with Gasteiger partial charge in [0.15, 0.2) is 5.78 Å². The first kappa shape index (κ1) is 11.4. The van der Waals surface area contributed by atoms with E-state index >= 15 is 0 Å². The summed E-state index contributed by atoms with van der Waals surface area (Å²) >= 11 is 3.49. The molecule has 76 valence electrons. The van der Waals surface area contributed by atoms with Crippen LogP contribution in [-0.4, -0.2) is 5.78 Å². The molecule has 0 saturated carbocycles. The Balaban J connectivity index is 3.47. The molecule has 1 aromatic rings. The minimum absolute atomic E-state index is 0.209. The van der Waals surface area contributed by atoms with Gasteiger partial charge in [0, 0.05) is 16.5 Å². The van der Waals surface area contributed by atoms with Crippen LogP contribution in [0.15, 0.2) is 10.5 Å². The summed E-state index contributed by atoms with van der Waals surface area (Å²) in [5.41, 5.74) is 4.26. The maximum Gasteiger partial charge on any atom is 0.164 e. The zero-order valence-electron chi connectivity index (χ0n) is 9.07. The summed E-state index contributed by atoms with van der Waals surface area (Å²) in [4.78, 5) is 11.7. The molecule has 0 aliphatic rings. The van der Waals surface area contributed by atoms with Crippen LogP contribution >= 0.6 is 15.9 Å².